The molecule has 16 heavy (non-hydrogen) atoms. The van der Waals surface area contributed by atoms with Gasteiger partial charge in [-0.3, -0.25) is 4.98 Å². The molecular formula is C13H17NOS. The lowest BCUT2D eigenvalue weighted by Crippen LogP contribution is -2.38. The summed E-state index contributed by atoms with van der Waals surface area (Å²) in [5.41, 5.74) is 2.02. The molecule has 1 aliphatic carbocycles. The number of thioether (sulfide) groups is 1. The second-order valence-electron chi connectivity index (χ2n) is 4.90. The molecule has 1 N–H and O–H groups in total. The highest BCUT2D eigenvalue weighted by Gasteiger charge is 2.42. The van der Waals surface area contributed by atoms with Crippen LogP contribution in [0.1, 0.15) is 36.4 Å². The van der Waals surface area contributed by atoms with Crippen molar-refractivity contribution in [3.8, 4) is 0 Å². The summed E-state index contributed by atoms with van der Waals surface area (Å²) in [6.45, 7) is 0. The van der Waals surface area contributed by atoms with Gasteiger partial charge in [-0.05, 0) is 43.1 Å². The van der Waals surface area contributed by atoms with Crippen molar-refractivity contribution in [1.29, 1.82) is 0 Å². The first-order chi connectivity index (χ1) is 7.80. The maximum Gasteiger partial charge on any atom is 0.0828 e. The molecule has 1 fully saturated rings. The Kier molecular flexibility index (Phi) is 2.68. The van der Waals surface area contributed by atoms with Crippen LogP contribution in [0.25, 0.3) is 0 Å². The van der Waals surface area contributed by atoms with Crippen molar-refractivity contribution in [2.24, 2.45) is 0 Å². The Morgan fingerprint density at radius 3 is 3.25 bits per heavy atom. The number of aryl methyl sites for hydroxylation is 1. The number of aliphatic hydroxyl groups is 1. The van der Waals surface area contributed by atoms with Crippen LogP contribution in [0.15, 0.2) is 18.3 Å². The highest BCUT2D eigenvalue weighted by Crippen LogP contribution is 2.44. The van der Waals surface area contributed by atoms with Gasteiger partial charge in [0.1, 0.15) is 0 Å². The van der Waals surface area contributed by atoms with Gasteiger partial charge in [-0.15, -0.1) is 0 Å². The number of fused-ring (bicyclic) bond motifs is 1. The number of hydrogen-bond donors (Lipinski definition) is 1. The third-order valence-corrected chi connectivity index (χ3v) is 5.07. The molecule has 0 spiro atoms. The number of hydrogen-bond acceptors (Lipinski definition) is 3. The number of rotatable bonds is 1. The van der Waals surface area contributed by atoms with Crippen molar-refractivity contribution in [3.05, 3.63) is 29.6 Å². The summed E-state index contributed by atoms with van der Waals surface area (Å²) >= 11 is 1.87. The van der Waals surface area contributed by atoms with E-state index < -0.39 is 5.60 Å². The maximum atomic E-state index is 10.7. The monoisotopic (exact) mass is 235 g/mol. The van der Waals surface area contributed by atoms with Crippen molar-refractivity contribution < 1.29 is 5.11 Å². The minimum absolute atomic E-state index is 0.271. The van der Waals surface area contributed by atoms with Crippen molar-refractivity contribution in [3.63, 3.8) is 0 Å². The second kappa shape index (κ2) is 4.04. The van der Waals surface area contributed by atoms with Gasteiger partial charge in [-0.1, -0.05) is 6.07 Å². The van der Waals surface area contributed by atoms with Crippen molar-refractivity contribution >= 4 is 11.8 Å². The van der Waals surface area contributed by atoms with E-state index in [1.165, 1.54) is 17.7 Å². The Morgan fingerprint density at radius 1 is 1.50 bits per heavy atom. The zero-order chi connectivity index (χ0) is 11.0. The van der Waals surface area contributed by atoms with E-state index in [-0.39, 0.29) is 5.92 Å². The fourth-order valence-electron chi connectivity index (χ4n) is 2.98. The van der Waals surface area contributed by atoms with E-state index in [1.54, 1.807) is 0 Å². The second-order valence-corrected chi connectivity index (χ2v) is 6.00. The van der Waals surface area contributed by atoms with E-state index in [4.69, 9.17) is 0 Å². The zero-order valence-electron chi connectivity index (χ0n) is 9.35. The summed E-state index contributed by atoms with van der Waals surface area (Å²) in [4.78, 5) is 4.52. The molecule has 1 aromatic heterocycles. The molecule has 1 aliphatic heterocycles. The van der Waals surface area contributed by atoms with Crippen LogP contribution < -0.4 is 0 Å². The van der Waals surface area contributed by atoms with Gasteiger partial charge in [0, 0.05) is 23.6 Å². The van der Waals surface area contributed by atoms with E-state index in [2.05, 4.69) is 11.1 Å². The van der Waals surface area contributed by atoms with E-state index >= 15 is 0 Å². The number of nitrogens with zero attached hydrogens (tertiary/aromatic N) is 1. The first kappa shape index (κ1) is 10.6. The molecule has 0 aromatic carbocycles. The van der Waals surface area contributed by atoms with Crippen LogP contribution in [0.3, 0.4) is 0 Å². The van der Waals surface area contributed by atoms with Crippen molar-refractivity contribution in [1.82, 2.24) is 4.98 Å². The molecule has 2 unspecified atom stereocenters. The molecular weight excluding hydrogens is 218 g/mol. The summed E-state index contributed by atoms with van der Waals surface area (Å²) in [5, 5.41) is 10.7. The first-order valence-corrected chi connectivity index (χ1v) is 7.19. The lowest BCUT2D eigenvalue weighted by Gasteiger charge is -2.35. The van der Waals surface area contributed by atoms with Gasteiger partial charge in [0.15, 0.2) is 0 Å². The molecule has 1 aromatic rings. The van der Waals surface area contributed by atoms with Crippen LogP contribution in [0.4, 0.5) is 0 Å². The summed E-state index contributed by atoms with van der Waals surface area (Å²) in [6.07, 6.45) is 6.21. The summed E-state index contributed by atoms with van der Waals surface area (Å²) in [7, 11) is 0. The van der Waals surface area contributed by atoms with Gasteiger partial charge >= 0.3 is 0 Å². The van der Waals surface area contributed by atoms with Gasteiger partial charge in [-0.2, -0.15) is 11.8 Å². The molecule has 86 valence electrons. The fraction of sp³-hybridized carbons (Fsp3) is 0.615. The third-order valence-electron chi connectivity index (χ3n) is 3.88. The number of aromatic nitrogens is 1. The molecule has 2 nitrogen and oxygen atoms in total. The van der Waals surface area contributed by atoms with Crippen LogP contribution in [0.5, 0.6) is 0 Å². The van der Waals surface area contributed by atoms with Gasteiger partial charge in [0.25, 0.3) is 0 Å². The van der Waals surface area contributed by atoms with Crippen molar-refractivity contribution in [2.75, 3.05) is 11.5 Å². The number of pyridine rings is 1. The molecule has 1 saturated heterocycles. The van der Waals surface area contributed by atoms with Crippen molar-refractivity contribution in [2.45, 2.75) is 37.2 Å². The normalized spacial score (nSPS) is 33.7. The predicted molar refractivity (Wildman–Crippen MR) is 66.8 cm³/mol. The maximum absolute atomic E-state index is 10.7. The fourth-order valence-corrected chi connectivity index (χ4v) is 4.32. The minimum Gasteiger partial charge on any atom is -0.388 e. The standard InChI is InChI=1S/C13H17NOS/c15-13(6-8-16-9-13)11-5-1-3-10-4-2-7-14-12(10)11/h2,4,7,11,15H,1,3,5-6,8-9H2. The van der Waals surface area contributed by atoms with Gasteiger partial charge in [0.2, 0.25) is 0 Å². The predicted octanol–water partition coefficient (Wildman–Crippen LogP) is 2.37. The largest absolute Gasteiger partial charge is 0.388 e. The smallest absolute Gasteiger partial charge is 0.0828 e. The van der Waals surface area contributed by atoms with E-state index in [0.29, 0.717) is 0 Å². The molecule has 0 saturated carbocycles. The Balaban J connectivity index is 1.98. The highest BCUT2D eigenvalue weighted by molar-refractivity contribution is 7.99. The Hall–Kier alpha value is -0.540. The average molecular weight is 235 g/mol. The molecule has 3 rings (SSSR count). The van der Waals surface area contributed by atoms with Gasteiger partial charge < -0.3 is 5.11 Å². The van der Waals surface area contributed by atoms with Crippen LogP contribution in [0.2, 0.25) is 0 Å². The lowest BCUT2D eigenvalue weighted by atomic mass is 9.75. The summed E-state index contributed by atoms with van der Waals surface area (Å²) < 4.78 is 0. The SMILES string of the molecule is OC1(C2CCCc3cccnc32)CCSC1. The summed E-state index contributed by atoms with van der Waals surface area (Å²) in [6, 6.07) is 4.18. The lowest BCUT2D eigenvalue weighted by molar-refractivity contribution is 0.0307. The highest BCUT2D eigenvalue weighted by atomic mass is 32.2. The summed E-state index contributed by atoms with van der Waals surface area (Å²) in [5.74, 6) is 2.25. The van der Waals surface area contributed by atoms with Crippen LogP contribution in [-0.2, 0) is 6.42 Å². The van der Waals surface area contributed by atoms with Gasteiger partial charge in [-0.25, -0.2) is 0 Å². The molecule has 3 heteroatoms. The third kappa shape index (κ3) is 1.66. The average Bonchev–Trinajstić information content (AvgIpc) is 2.77. The molecule has 0 radical (unpaired) electrons. The molecule has 0 amide bonds. The zero-order valence-corrected chi connectivity index (χ0v) is 10.2. The minimum atomic E-state index is -0.492. The van der Waals surface area contributed by atoms with Crippen LogP contribution in [-0.4, -0.2) is 27.2 Å². The first-order valence-electron chi connectivity index (χ1n) is 6.03. The Bertz CT molecular complexity index is 387. The van der Waals surface area contributed by atoms with Crippen LogP contribution in [0, 0.1) is 0 Å². The Morgan fingerprint density at radius 2 is 2.44 bits per heavy atom. The molecule has 2 atom stereocenters. The Labute approximate surface area is 100 Å². The molecule has 0 bridgehead atoms. The van der Waals surface area contributed by atoms with E-state index in [1.807, 2.05) is 24.0 Å². The van der Waals surface area contributed by atoms with E-state index in [0.717, 1.165) is 30.8 Å². The molecule has 2 aliphatic rings. The van der Waals surface area contributed by atoms with E-state index in [9.17, 15) is 5.11 Å². The van der Waals surface area contributed by atoms with Crippen LogP contribution >= 0.6 is 11.8 Å². The van der Waals surface area contributed by atoms with Gasteiger partial charge in [0.05, 0.1) is 5.60 Å². The topological polar surface area (TPSA) is 33.1 Å². The quantitative estimate of drug-likeness (QED) is 0.811. The molecule has 2 heterocycles.